The van der Waals surface area contributed by atoms with Crippen LogP contribution in [0.1, 0.15) is 51.5 Å². The van der Waals surface area contributed by atoms with Gasteiger partial charge in [0.15, 0.2) is 0 Å². The molecule has 0 radical (unpaired) electrons. The van der Waals surface area contributed by atoms with Crippen molar-refractivity contribution in [1.29, 1.82) is 0 Å². The number of aryl methyl sites for hydroxylation is 1. The van der Waals surface area contributed by atoms with E-state index < -0.39 is 0 Å². The van der Waals surface area contributed by atoms with E-state index in [0.717, 1.165) is 37.8 Å². The highest BCUT2D eigenvalue weighted by atomic mass is 32.2. The molecule has 4 nitrogen and oxygen atoms in total. The van der Waals surface area contributed by atoms with Crippen molar-refractivity contribution in [2.75, 3.05) is 0 Å². The van der Waals surface area contributed by atoms with Gasteiger partial charge in [0.25, 0.3) is 5.91 Å². The minimum absolute atomic E-state index is 0.0121. The van der Waals surface area contributed by atoms with Crippen molar-refractivity contribution >= 4 is 23.6 Å². The Hall–Kier alpha value is -1.75. The van der Waals surface area contributed by atoms with Crippen LogP contribution in [-0.2, 0) is 16.0 Å². The third-order valence-corrected chi connectivity index (χ3v) is 6.77. The fraction of sp³-hybridized carbons (Fsp3) is 0.524. The first kappa shape index (κ1) is 19.0. The largest absolute Gasteiger partial charge is 0.342 e. The number of nitrogens with zero attached hydrogens (tertiary/aromatic N) is 1. The van der Waals surface area contributed by atoms with E-state index in [1.165, 1.54) is 5.56 Å². The van der Waals surface area contributed by atoms with Gasteiger partial charge in [-0.2, -0.15) is 0 Å². The highest BCUT2D eigenvalue weighted by molar-refractivity contribution is 8.01. The Balaban J connectivity index is 1.32. The molecule has 2 atom stereocenters. The molecule has 2 saturated heterocycles. The summed E-state index contributed by atoms with van der Waals surface area (Å²) in [6, 6.07) is 10.1. The summed E-state index contributed by atoms with van der Waals surface area (Å²) in [6.07, 6.45) is 5.80. The second-order valence-electron chi connectivity index (χ2n) is 7.62. The zero-order valence-corrected chi connectivity index (χ0v) is 16.5. The number of carbonyl (C=O) groups excluding carboxylic acids is 2. The van der Waals surface area contributed by atoms with Gasteiger partial charge >= 0.3 is 0 Å². The van der Waals surface area contributed by atoms with Crippen molar-refractivity contribution < 1.29 is 9.59 Å². The summed E-state index contributed by atoms with van der Waals surface area (Å²) in [5.74, 6) is -0.0312. The van der Waals surface area contributed by atoms with Gasteiger partial charge in [0.05, 0.1) is 4.75 Å². The highest BCUT2D eigenvalue weighted by Crippen LogP contribution is 2.52. The lowest BCUT2D eigenvalue weighted by molar-refractivity contribution is -0.145. The Kier molecular flexibility index (Phi) is 5.76. The van der Waals surface area contributed by atoms with Crippen molar-refractivity contribution in [3.63, 3.8) is 0 Å². The van der Waals surface area contributed by atoms with Gasteiger partial charge < -0.3 is 5.32 Å². The van der Waals surface area contributed by atoms with Crippen LogP contribution in [0.25, 0.3) is 0 Å². The minimum atomic E-state index is -0.385. The quantitative estimate of drug-likeness (QED) is 0.557. The number of benzene rings is 1. The fourth-order valence-corrected chi connectivity index (χ4v) is 5.02. The zero-order valence-electron chi connectivity index (χ0n) is 15.7. The Morgan fingerprint density at radius 2 is 1.88 bits per heavy atom. The van der Waals surface area contributed by atoms with Crippen LogP contribution in [-0.4, -0.2) is 32.9 Å². The van der Waals surface area contributed by atoms with Crippen LogP contribution in [0, 0.1) is 0 Å². The predicted octanol–water partition coefficient (Wildman–Crippen LogP) is 3.87. The van der Waals surface area contributed by atoms with Crippen molar-refractivity contribution in [2.45, 2.75) is 68.5 Å². The summed E-state index contributed by atoms with van der Waals surface area (Å²) < 4.78 is -0.140. The Bertz CT molecular complexity index is 687. The lowest BCUT2D eigenvalue weighted by Gasteiger charge is -2.41. The van der Waals surface area contributed by atoms with E-state index in [4.69, 9.17) is 0 Å². The van der Waals surface area contributed by atoms with Crippen molar-refractivity contribution in [2.24, 2.45) is 0 Å². The molecule has 0 aromatic heterocycles. The zero-order chi connectivity index (χ0) is 18.7. The maximum atomic E-state index is 12.3. The van der Waals surface area contributed by atoms with E-state index in [-0.39, 0.29) is 28.0 Å². The number of amides is 2. The molecule has 1 aromatic carbocycles. The lowest BCUT2D eigenvalue weighted by Crippen LogP contribution is -2.66. The van der Waals surface area contributed by atoms with Crippen molar-refractivity contribution in [3.05, 3.63) is 48.2 Å². The monoisotopic (exact) mass is 372 g/mol. The number of hydrogen-bond acceptors (Lipinski definition) is 3. The summed E-state index contributed by atoms with van der Waals surface area (Å²) >= 11 is 1.70. The maximum Gasteiger partial charge on any atom is 0.253 e. The van der Waals surface area contributed by atoms with Crippen LogP contribution < -0.4 is 5.32 Å². The number of rotatable bonds is 8. The molecule has 0 unspecified atom stereocenters. The maximum absolute atomic E-state index is 12.3. The normalized spacial score (nSPS) is 23.5. The van der Waals surface area contributed by atoms with Gasteiger partial charge in [-0.15, -0.1) is 11.8 Å². The molecule has 2 fully saturated rings. The second-order valence-corrected chi connectivity index (χ2v) is 9.36. The molecule has 2 amide bonds. The van der Waals surface area contributed by atoms with Gasteiger partial charge in [-0.1, -0.05) is 49.8 Å². The summed E-state index contributed by atoms with van der Waals surface area (Å²) in [6.45, 7) is 8.16. The first-order valence-electron chi connectivity index (χ1n) is 9.44. The summed E-state index contributed by atoms with van der Waals surface area (Å²) in [4.78, 5) is 26.2. The van der Waals surface area contributed by atoms with E-state index >= 15 is 0 Å². The first-order valence-corrected chi connectivity index (χ1v) is 10.3. The van der Waals surface area contributed by atoms with Gasteiger partial charge in [0.1, 0.15) is 11.4 Å². The molecule has 0 bridgehead atoms. The number of β-lactam (4-membered cyclic amide) rings is 1. The highest BCUT2D eigenvalue weighted by Gasteiger charge is 2.58. The second kappa shape index (κ2) is 7.87. The molecule has 5 heteroatoms. The van der Waals surface area contributed by atoms with Crippen molar-refractivity contribution in [3.8, 4) is 0 Å². The van der Waals surface area contributed by atoms with E-state index in [0.29, 0.717) is 6.42 Å². The van der Waals surface area contributed by atoms with Crippen LogP contribution in [0.5, 0.6) is 0 Å². The average molecular weight is 373 g/mol. The number of unbranched alkanes of at least 4 members (excludes halogenated alkanes) is 3. The molecule has 1 aromatic rings. The molecule has 2 aliphatic rings. The van der Waals surface area contributed by atoms with Gasteiger partial charge in [0, 0.05) is 12.1 Å². The topological polar surface area (TPSA) is 49.4 Å². The molecule has 0 aliphatic carbocycles. The molecule has 0 saturated carbocycles. The molecule has 3 rings (SSSR count). The van der Waals surface area contributed by atoms with E-state index in [1.54, 1.807) is 16.7 Å². The van der Waals surface area contributed by atoms with Gasteiger partial charge in [-0.25, -0.2) is 0 Å². The standard InChI is InChI=1S/C21H28N2O2S/c1-15-21(2,3)26-20-18(19(25)23(15)20)22-17(24)14-10-5-4-7-11-16-12-8-6-9-13-16/h6,8-9,12-13,18,20H,1,4-5,7,10-11,14H2,2-3H3,(H,22,24)/t18-,20-/m1/s1. The minimum Gasteiger partial charge on any atom is -0.342 e. The third-order valence-electron chi connectivity index (χ3n) is 5.22. The summed E-state index contributed by atoms with van der Waals surface area (Å²) in [5.41, 5.74) is 2.22. The third kappa shape index (κ3) is 3.98. The van der Waals surface area contributed by atoms with Crippen LogP contribution in [0.3, 0.4) is 0 Å². The smallest absolute Gasteiger partial charge is 0.253 e. The Morgan fingerprint density at radius 1 is 1.19 bits per heavy atom. The van der Waals surface area contributed by atoms with Gasteiger partial charge in [-0.05, 0) is 38.7 Å². The molecule has 140 valence electrons. The number of hydrogen-bond donors (Lipinski definition) is 1. The van der Waals surface area contributed by atoms with Crippen LogP contribution in [0.2, 0.25) is 0 Å². The molecule has 2 aliphatic heterocycles. The van der Waals surface area contributed by atoms with Crippen molar-refractivity contribution in [1.82, 2.24) is 10.2 Å². The van der Waals surface area contributed by atoms with E-state index in [2.05, 4.69) is 50.0 Å². The van der Waals surface area contributed by atoms with Crippen LogP contribution in [0.15, 0.2) is 42.6 Å². The molecule has 2 heterocycles. The van der Waals surface area contributed by atoms with Gasteiger partial charge in [-0.3, -0.25) is 14.5 Å². The summed E-state index contributed by atoms with van der Waals surface area (Å²) in [7, 11) is 0. The fourth-order valence-electron chi connectivity index (χ4n) is 3.52. The molecule has 0 spiro atoms. The van der Waals surface area contributed by atoms with E-state index in [9.17, 15) is 9.59 Å². The van der Waals surface area contributed by atoms with Crippen LogP contribution in [0.4, 0.5) is 0 Å². The van der Waals surface area contributed by atoms with E-state index in [1.807, 2.05) is 6.07 Å². The summed E-state index contributed by atoms with van der Waals surface area (Å²) in [5, 5.41) is 2.93. The molecule has 1 N–H and O–H groups in total. The lowest BCUT2D eigenvalue weighted by atomic mass is 10.0. The average Bonchev–Trinajstić information content (AvgIpc) is 2.83. The first-order chi connectivity index (χ1) is 12.4. The van der Waals surface area contributed by atoms with Crippen LogP contribution >= 0.6 is 11.8 Å². The molecular weight excluding hydrogens is 344 g/mol. The number of nitrogens with one attached hydrogen (secondary N) is 1. The number of fused-ring (bicyclic) bond motifs is 1. The van der Waals surface area contributed by atoms with Gasteiger partial charge in [0.2, 0.25) is 5.91 Å². The number of thioether (sulfide) groups is 1. The SMILES string of the molecule is C=C1N2C(=O)[C@@H](NC(=O)CCCCCCc3ccccc3)[C@H]2SC1(C)C. The Labute approximate surface area is 160 Å². The molecular formula is C21H28N2O2S. The predicted molar refractivity (Wildman–Crippen MR) is 107 cm³/mol. The number of carbonyl (C=O) groups is 2. The Morgan fingerprint density at radius 3 is 2.62 bits per heavy atom. The molecule has 26 heavy (non-hydrogen) atoms.